The van der Waals surface area contributed by atoms with E-state index < -0.39 is 5.97 Å². The molecule has 1 N–H and O–H groups in total. The predicted octanol–water partition coefficient (Wildman–Crippen LogP) is 2.44. The highest BCUT2D eigenvalue weighted by atomic mass is 16.5. The summed E-state index contributed by atoms with van der Waals surface area (Å²) < 4.78 is 6.02. The Hall–Kier alpha value is -0.570. The van der Waals surface area contributed by atoms with Crippen molar-refractivity contribution in [1.82, 2.24) is 0 Å². The first-order valence-electron chi connectivity index (χ1n) is 5.87. The summed E-state index contributed by atoms with van der Waals surface area (Å²) in [5, 5.41) is 8.92. The molecule has 3 nitrogen and oxygen atoms in total. The monoisotopic (exact) mass is 212 g/mol. The van der Waals surface area contributed by atoms with E-state index in [2.05, 4.69) is 13.8 Å². The highest BCUT2D eigenvalue weighted by Gasteiger charge is 2.44. The van der Waals surface area contributed by atoms with E-state index >= 15 is 0 Å². The van der Waals surface area contributed by atoms with Crippen LogP contribution in [0.5, 0.6) is 0 Å². The molecule has 1 saturated heterocycles. The number of hydrogen-bond donors (Lipinski definition) is 1. The van der Waals surface area contributed by atoms with Crippen LogP contribution >= 0.6 is 0 Å². The Bertz CT molecular complexity index is 260. The molecule has 0 radical (unpaired) electrons. The number of carboxylic acid groups (broad SMARTS) is 1. The van der Waals surface area contributed by atoms with Crippen molar-refractivity contribution in [1.29, 1.82) is 0 Å². The van der Waals surface area contributed by atoms with Crippen molar-refractivity contribution >= 4 is 5.97 Å². The first kappa shape index (κ1) is 10.9. The van der Waals surface area contributed by atoms with E-state index in [1.54, 1.807) is 0 Å². The Morgan fingerprint density at radius 2 is 2.20 bits per heavy atom. The fourth-order valence-corrected chi connectivity index (χ4v) is 3.33. The molecule has 0 aromatic carbocycles. The number of carboxylic acids is 1. The lowest BCUT2D eigenvalue weighted by Gasteiger charge is -2.43. The molecule has 2 aliphatic rings. The number of ether oxygens (including phenoxy) is 1. The Kier molecular flexibility index (Phi) is 2.75. The Morgan fingerprint density at radius 3 is 2.87 bits per heavy atom. The topological polar surface area (TPSA) is 46.5 Å². The largest absolute Gasteiger partial charge is 0.481 e. The molecule has 0 amide bonds. The molecule has 0 bridgehead atoms. The molecule has 3 heteroatoms. The fraction of sp³-hybridized carbons (Fsp3) is 0.917. The van der Waals surface area contributed by atoms with Gasteiger partial charge in [-0.15, -0.1) is 0 Å². The van der Waals surface area contributed by atoms with E-state index in [-0.39, 0.29) is 5.60 Å². The molecule has 2 rings (SSSR count). The van der Waals surface area contributed by atoms with Crippen molar-refractivity contribution in [2.24, 2.45) is 11.8 Å². The van der Waals surface area contributed by atoms with E-state index in [4.69, 9.17) is 9.84 Å². The van der Waals surface area contributed by atoms with Gasteiger partial charge in [0.05, 0.1) is 11.7 Å². The molecule has 1 aliphatic heterocycles. The summed E-state index contributed by atoms with van der Waals surface area (Å²) in [5.41, 5.74) is -0.133. The van der Waals surface area contributed by atoms with Crippen molar-refractivity contribution in [3.63, 3.8) is 0 Å². The third kappa shape index (κ3) is 2.33. The molecule has 1 heterocycles. The predicted molar refractivity (Wildman–Crippen MR) is 56.7 cm³/mol. The first-order valence-corrected chi connectivity index (χ1v) is 5.87. The van der Waals surface area contributed by atoms with Gasteiger partial charge in [-0.3, -0.25) is 4.79 Å². The van der Waals surface area contributed by atoms with Gasteiger partial charge in [0, 0.05) is 6.42 Å². The van der Waals surface area contributed by atoms with Crippen molar-refractivity contribution in [3.05, 3.63) is 0 Å². The van der Waals surface area contributed by atoms with Gasteiger partial charge in [-0.05, 0) is 44.9 Å². The molecule has 2 fully saturated rings. The van der Waals surface area contributed by atoms with Gasteiger partial charge in [0.2, 0.25) is 0 Å². The van der Waals surface area contributed by atoms with Crippen LogP contribution in [-0.4, -0.2) is 22.8 Å². The zero-order chi connectivity index (χ0) is 11.1. The highest BCUT2D eigenvalue weighted by Crippen LogP contribution is 2.45. The quantitative estimate of drug-likeness (QED) is 0.764. The van der Waals surface area contributed by atoms with Crippen LogP contribution in [-0.2, 0) is 9.53 Å². The molecule has 3 atom stereocenters. The van der Waals surface area contributed by atoms with Crippen LogP contribution in [0, 0.1) is 11.8 Å². The summed E-state index contributed by atoms with van der Waals surface area (Å²) in [6.07, 6.45) is 4.98. The Balaban J connectivity index is 2.09. The second-order valence-corrected chi connectivity index (χ2v) is 5.57. The maximum Gasteiger partial charge on any atom is 0.303 e. The van der Waals surface area contributed by atoms with E-state index in [0.717, 1.165) is 19.3 Å². The van der Waals surface area contributed by atoms with E-state index in [9.17, 15) is 4.79 Å². The summed E-state index contributed by atoms with van der Waals surface area (Å²) in [5.74, 6) is 0.149. The maximum absolute atomic E-state index is 10.8. The molecule has 3 unspecified atom stereocenters. The third-order valence-corrected chi connectivity index (χ3v) is 3.77. The first-order chi connectivity index (χ1) is 6.98. The van der Waals surface area contributed by atoms with Gasteiger partial charge in [0.1, 0.15) is 0 Å². The van der Waals surface area contributed by atoms with Crippen molar-refractivity contribution in [2.45, 2.75) is 57.7 Å². The van der Waals surface area contributed by atoms with Gasteiger partial charge in [-0.1, -0.05) is 6.42 Å². The lowest BCUT2D eigenvalue weighted by atomic mass is 9.76. The van der Waals surface area contributed by atoms with E-state index in [0.29, 0.717) is 24.4 Å². The average molecular weight is 212 g/mol. The molecule has 0 spiro atoms. The summed E-state index contributed by atoms with van der Waals surface area (Å²) in [4.78, 5) is 10.8. The van der Waals surface area contributed by atoms with E-state index in [1.807, 2.05) is 0 Å². The van der Waals surface area contributed by atoms with Crippen LogP contribution in [0.25, 0.3) is 0 Å². The minimum absolute atomic E-state index is 0.133. The molecule has 1 saturated carbocycles. The molecule has 86 valence electrons. The lowest BCUT2D eigenvalue weighted by molar-refractivity contribution is -0.157. The second-order valence-electron chi connectivity index (χ2n) is 5.57. The Morgan fingerprint density at radius 1 is 1.47 bits per heavy atom. The molecule has 0 aromatic rings. The number of hydrogen-bond acceptors (Lipinski definition) is 2. The SMILES string of the molecule is CC1(C)CC(CC(=O)O)C2CCCC2O1. The maximum atomic E-state index is 10.8. The van der Waals surface area contributed by atoms with Crippen LogP contribution < -0.4 is 0 Å². The fourth-order valence-electron chi connectivity index (χ4n) is 3.33. The summed E-state index contributed by atoms with van der Waals surface area (Å²) in [7, 11) is 0. The summed E-state index contributed by atoms with van der Waals surface area (Å²) >= 11 is 0. The van der Waals surface area contributed by atoms with Crippen LogP contribution in [0.15, 0.2) is 0 Å². The number of aliphatic carboxylic acids is 1. The zero-order valence-electron chi connectivity index (χ0n) is 9.53. The minimum Gasteiger partial charge on any atom is -0.481 e. The van der Waals surface area contributed by atoms with Gasteiger partial charge in [0.15, 0.2) is 0 Å². The van der Waals surface area contributed by atoms with Gasteiger partial charge >= 0.3 is 5.97 Å². The van der Waals surface area contributed by atoms with Gasteiger partial charge < -0.3 is 9.84 Å². The standard InChI is InChI=1S/C12H20O3/c1-12(2)7-8(6-11(13)14)9-4-3-5-10(9)15-12/h8-10H,3-7H2,1-2H3,(H,13,14). The van der Waals surface area contributed by atoms with Crippen LogP contribution in [0.2, 0.25) is 0 Å². The molecular weight excluding hydrogens is 192 g/mol. The number of rotatable bonds is 2. The minimum atomic E-state index is -0.664. The molecule has 1 aliphatic carbocycles. The Labute approximate surface area is 90.8 Å². The smallest absolute Gasteiger partial charge is 0.303 e. The molecular formula is C12H20O3. The lowest BCUT2D eigenvalue weighted by Crippen LogP contribution is -2.44. The summed E-state index contributed by atoms with van der Waals surface area (Å²) in [6, 6.07) is 0. The molecule has 15 heavy (non-hydrogen) atoms. The average Bonchev–Trinajstić information content (AvgIpc) is 2.48. The van der Waals surface area contributed by atoms with Crippen LogP contribution in [0.1, 0.15) is 46.0 Å². The molecule has 0 aromatic heterocycles. The third-order valence-electron chi connectivity index (χ3n) is 3.77. The number of fused-ring (bicyclic) bond motifs is 1. The van der Waals surface area contributed by atoms with Crippen molar-refractivity contribution in [3.8, 4) is 0 Å². The highest BCUT2D eigenvalue weighted by molar-refractivity contribution is 5.67. The van der Waals surface area contributed by atoms with Gasteiger partial charge in [-0.25, -0.2) is 0 Å². The van der Waals surface area contributed by atoms with Gasteiger partial charge in [0.25, 0.3) is 0 Å². The zero-order valence-corrected chi connectivity index (χ0v) is 9.53. The normalized spacial score (nSPS) is 38.7. The van der Waals surface area contributed by atoms with E-state index in [1.165, 1.54) is 6.42 Å². The van der Waals surface area contributed by atoms with Gasteiger partial charge in [-0.2, -0.15) is 0 Å². The second kappa shape index (κ2) is 3.78. The summed E-state index contributed by atoms with van der Waals surface area (Å²) in [6.45, 7) is 4.16. The van der Waals surface area contributed by atoms with Crippen molar-refractivity contribution < 1.29 is 14.6 Å². The van der Waals surface area contributed by atoms with Crippen molar-refractivity contribution in [2.75, 3.05) is 0 Å². The number of carbonyl (C=O) groups is 1. The van der Waals surface area contributed by atoms with Crippen LogP contribution in [0.3, 0.4) is 0 Å². The van der Waals surface area contributed by atoms with Crippen LogP contribution in [0.4, 0.5) is 0 Å².